The topological polar surface area (TPSA) is 101 Å². The number of carbonyl (C=O) groups excluding carboxylic acids is 1. The van der Waals surface area contributed by atoms with Crippen LogP contribution in [0, 0.1) is 18.3 Å². The molecular formula is C22H22N4O3. The molecule has 29 heavy (non-hydrogen) atoms. The number of hydrogen-bond donors (Lipinski definition) is 1. The molecule has 2 aliphatic rings. The molecule has 2 aromatic rings. The van der Waals surface area contributed by atoms with Crippen molar-refractivity contribution in [1.82, 2.24) is 4.57 Å². The second kappa shape index (κ2) is 6.52. The van der Waals surface area contributed by atoms with Crippen LogP contribution >= 0.6 is 0 Å². The molecule has 1 aromatic carbocycles. The lowest BCUT2D eigenvalue weighted by atomic mass is 9.69. The van der Waals surface area contributed by atoms with Crippen LogP contribution < -0.4 is 20.9 Å². The van der Waals surface area contributed by atoms with Crippen molar-refractivity contribution in [1.29, 1.82) is 5.26 Å². The Morgan fingerprint density at radius 2 is 2.00 bits per heavy atom. The monoisotopic (exact) mass is 390 g/mol. The molecule has 0 fully saturated rings. The molecule has 0 radical (unpaired) electrons. The van der Waals surface area contributed by atoms with Crippen molar-refractivity contribution in [3.63, 3.8) is 0 Å². The maximum Gasteiger partial charge on any atom is 0.259 e. The Kier molecular flexibility index (Phi) is 4.23. The van der Waals surface area contributed by atoms with Crippen LogP contribution in [0.25, 0.3) is 0 Å². The molecule has 1 aromatic heterocycles. The van der Waals surface area contributed by atoms with E-state index < -0.39 is 5.41 Å². The Labute approximate surface area is 168 Å². The fourth-order valence-electron chi connectivity index (χ4n) is 4.31. The molecule has 0 aliphatic carbocycles. The number of nitrogens with two attached hydrogens (primary N) is 1. The first-order valence-corrected chi connectivity index (χ1v) is 9.60. The van der Waals surface area contributed by atoms with Gasteiger partial charge in [0.15, 0.2) is 5.41 Å². The predicted molar refractivity (Wildman–Crippen MR) is 108 cm³/mol. The van der Waals surface area contributed by atoms with Crippen molar-refractivity contribution >= 4 is 11.6 Å². The van der Waals surface area contributed by atoms with E-state index >= 15 is 0 Å². The molecule has 2 N–H and O–H groups in total. The molecule has 1 atom stereocenters. The summed E-state index contributed by atoms with van der Waals surface area (Å²) in [6.07, 6.45) is 1.70. The van der Waals surface area contributed by atoms with Gasteiger partial charge < -0.3 is 19.9 Å². The number of nitriles is 1. The van der Waals surface area contributed by atoms with Crippen molar-refractivity contribution in [2.75, 3.05) is 11.4 Å². The van der Waals surface area contributed by atoms with Gasteiger partial charge in [-0.2, -0.15) is 5.26 Å². The van der Waals surface area contributed by atoms with Crippen LogP contribution in [-0.4, -0.2) is 17.0 Å². The summed E-state index contributed by atoms with van der Waals surface area (Å²) < 4.78 is 7.13. The number of amides is 1. The Morgan fingerprint density at radius 1 is 1.28 bits per heavy atom. The fourth-order valence-corrected chi connectivity index (χ4v) is 4.31. The van der Waals surface area contributed by atoms with Gasteiger partial charge in [-0.3, -0.25) is 9.59 Å². The highest BCUT2D eigenvalue weighted by Gasteiger charge is 2.60. The van der Waals surface area contributed by atoms with Gasteiger partial charge in [0.25, 0.3) is 5.56 Å². The molecule has 4 rings (SSSR count). The summed E-state index contributed by atoms with van der Waals surface area (Å²) >= 11 is 0. The quantitative estimate of drug-likeness (QED) is 0.866. The number of ether oxygens (including phenoxy) is 1. The summed E-state index contributed by atoms with van der Waals surface area (Å²) in [6, 6.07) is 11.0. The summed E-state index contributed by atoms with van der Waals surface area (Å²) in [5.41, 5.74) is 6.20. The largest absolute Gasteiger partial charge is 0.440 e. The normalized spacial score (nSPS) is 19.8. The third-order valence-corrected chi connectivity index (χ3v) is 5.86. The fraction of sp³-hybridized carbons (Fsp3) is 0.318. The third-order valence-electron chi connectivity index (χ3n) is 5.86. The number of aryl methyl sites for hydroxylation is 1. The molecular weight excluding hydrogens is 368 g/mol. The van der Waals surface area contributed by atoms with Gasteiger partial charge in [-0.15, -0.1) is 0 Å². The summed E-state index contributed by atoms with van der Waals surface area (Å²) in [7, 11) is 1.64. The zero-order valence-electron chi connectivity index (χ0n) is 16.7. The van der Waals surface area contributed by atoms with Crippen molar-refractivity contribution in [3.05, 3.63) is 69.0 Å². The zero-order chi connectivity index (χ0) is 20.9. The van der Waals surface area contributed by atoms with E-state index in [0.717, 1.165) is 12.8 Å². The SMILES string of the molecule is CCCCN1C(=O)[C@]2(C(C#N)=C(N)Oc3cc(C)n(C)c(=O)c32)c2ccccc21. The maximum atomic E-state index is 14.0. The van der Waals surface area contributed by atoms with Crippen molar-refractivity contribution in [2.24, 2.45) is 12.8 Å². The number of rotatable bonds is 3. The van der Waals surface area contributed by atoms with E-state index in [1.807, 2.05) is 19.1 Å². The molecule has 0 unspecified atom stereocenters. The Morgan fingerprint density at radius 3 is 2.69 bits per heavy atom. The maximum absolute atomic E-state index is 14.0. The Bertz CT molecular complexity index is 1170. The highest BCUT2D eigenvalue weighted by atomic mass is 16.5. The molecule has 0 bridgehead atoms. The van der Waals surface area contributed by atoms with Gasteiger partial charge in [0.2, 0.25) is 11.8 Å². The first kappa shape index (κ1) is 18.8. The number of nitrogens with zero attached hydrogens (tertiary/aromatic N) is 3. The van der Waals surface area contributed by atoms with E-state index in [2.05, 4.69) is 6.07 Å². The van der Waals surface area contributed by atoms with Gasteiger partial charge in [0.1, 0.15) is 17.4 Å². The Hall–Kier alpha value is -3.53. The summed E-state index contributed by atoms with van der Waals surface area (Å²) in [5, 5.41) is 9.99. The Balaban J connectivity index is 2.15. The number of carbonyl (C=O) groups is 1. The van der Waals surface area contributed by atoms with Gasteiger partial charge in [-0.1, -0.05) is 31.5 Å². The van der Waals surface area contributed by atoms with Crippen LogP contribution in [0.15, 0.2) is 46.6 Å². The van der Waals surface area contributed by atoms with Crippen LogP contribution in [0.2, 0.25) is 0 Å². The first-order valence-electron chi connectivity index (χ1n) is 9.60. The number of para-hydroxylation sites is 1. The molecule has 1 spiro atoms. The van der Waals surface area contributed by atoms with E-state index in [1.54, 1.807) is 37.1 Å². The van der Waals surface area contributed by atoms with Gasteiger partial charge in [-0.05, 0) is 19.4 Å². The van der Waals surface area contributed by atoms with E-state index in [9.17, 15) is 14.9 Å². The zero-order valence-corrected chi connectivity index (χ0v) is 16.7. The molecule has 148 valence electrons. The molecule has 7 nitrogen and oxygen atoms in total. The average Bonchev–Trinajstić information content (AvgIpc) is 2.94. The molecule has 1 amide bonds. The molecule has 7 heteroatoms. The highest BCUT2D eigenvalue weighted by Crippen LogP contribution is 2.54. The summed E-state index contributed by atoms with van der Waals surface area (Å²) in [4.78, 5) is 29.0. The van der Waals surface area contributed by atoms with Gasteiger partial charge in [-0.25, -0.2) is 0 Å². The van der Waals surface area contributed by atoms with Crippen molar-refractivity contribution in [2.45, 2.75) is 32.1 Å². The van der Waals surface area contributed by atoms with E-state index in [4.69, 9.17) is 10.5 Å². The van der Waals surface area contributed by atoms with Crippen LogP contribution in [0.5, 0.6) is 5.75 Å². The third kappa shape index (κ3) is 2.29. The minimum absolute atomic E-state index is 0.0394. The van der Waals surface area contributed by atoms with Crippen LogP contribution in [0.4, 0.5) is 5.69 Å². The van der Waals surface area contributed by atoms with Gasteiger partial charge in [0.05, 0.1) is 5.56 Å². The van der Waals surface area contributed by atoms with Crippen LogP contribution in [0.1, 0.15) is 36.6 Å². The lowest BCUT2D eigenvalue weighted by molar-refractivity contribution is -0.121. The molecule has 0 saturated heterocycles. The van der Waals surface area contributed by atoms with E-state index in [1.165, 1.54) is 4.57 Å². The lowest BCUT2D eigenvalue weighted by Crippen LogP contribution is -2.50. The van der Waals surface area contributed by atoms with Gasteiger partial charge >= 0.3 is 0 Å². The highest BCUT2D eigenvalue weighted by molar-refractivity contribution is 6.14. The number of fused-ring (bicyclic) bond motifs is 4. The number of unbranched alkanes of at least 4 members (excludes halogenated alkanes) is 1. The van der Waals surface area contributed by atoms with E-state index in [0.29, 0.717) is 23.5 Å². The predicted octanol–water partition coefficient (Wildman–Crippen LogP) is 2.21. The minimum Gasteiger partial charge on any atom is -0.440 e. The second-order valence-electron chi connectivity index (χ2n) is 7.42. The second-order valence-corrected chi connectivity index (χ2v) is 7.42. The average molecular weight is 390 g/mol. The van der Waals surface area contributed by atoms with Crippen molar-refractivity contribution in [3.8, 4) is 11.8 Å². The minimum atomic E-state index is -1.60. The first-order chi connectivity index (χ1) is 13.9. The van der Waals surface area contributed by atoms with Gasteiger partial charge in [0, 0.05) is 36.6 Å². The van der Waals surface area contributed by atoms with Crippen LogP contribution in [-0.2, 0) is 17.3 Å². The van der Waals surface area contributed by atoms with E-state index in [-0.39, 0.29) is 34.2 Å². The number of aromatic nitrogens is 1. The van der Waals surface area contributed by atoms with Crippen LogP contribution in [0.3, 0.4) is 0 Å². The van der Waals surface area contributed by atoms with Crippen molar-refractivity contribution < 1.29 is 9.53 Å². The molecule has 2 aliphatic heterocycles. The number of pyridine rings is 1. The summed E-state index contributed by atoms with van der Waals surface area (Å²) in [5.74, 6) is -0.257. The molecule has 0 saturated carbocycles. The summed E-state index contributed by atoms with van der Waals surface area (Å²) in [6.45, 7) is 4.31. The number of benzene rings is 1. The number of anilines is 1. The smallest absolute Gasteiger partial charge is 0.259 e. The molecule has 3 heterocycles. The number of hydrogen-bond acceptors (Lipinski definition) is 5. The standard InChI is InChI=1S/C22H22N4O3/c1-4-5-10-26-16-9-7-6-8-14(16)22(21(26)28)15(12-23)19(24)29-17-11-13(2)25(3)20(27)18(17)22/h6-9,11H,4-5,10,24H2,1-3H3/t22-/m0/s1. The lowest BCUT2D eigenvalue weighted by Gasteiger charge is -2.34.